The Kier molecular flexibility index (Phi) is 4.62. The van der Waals surface area contributed by atoms with Crippen LogP contribution in [0.2, 0.25) is 0 Å². The molecule has 2 heterocycles. The molecule has 112 valence electrons. The Bertz CT molecular complexity index is 548. The van der Waals surface area contributed by atoms with Gasteiger partial charge in [0.1, 0.15) is 0 Å². The molecular weight excluding hydrogens is 264 g/mol. The number of benzene rings is 1. The van der Waals surface area contributed by atoms with E-state index in [-0.39, 0.29) is 0 Å². The predicted octanol–water partition coefficient (Wildman–Crippen LogP) is 2.31. The first-order valence-electron chi connectivity index (χ1n) is 7.69. The van der Waals surface area contributed by atoms with Gasteiger partial charge in [-0.05, 0) is 25.9 Å². The van der Waals surface area contributed by atoms with E-state index in [1.807, 2.05) is 30.3 Å². The second kappa shape index (κ2) is 6.83. The summed E-state index contributed by atoms with van der Waals surface area (Å²) in [7, 11) is 0. The van der Waals surface area contributed by atoms with Gasteiger partial charge < -0.3 is 9.84 Å². The molecule has 0 spiro atoms. The minimum atomic E-state index is 0.566. The van der Waals surface area contributed by atoms with Crippen LogP contribution in [0.1, 0.15) is 25.7 Å². The Morgan fingerprint density at radius 3 is 2.90 bits per heavy atom. The Labute approximate surface area is 125 Å². The van der Waals surface area contributed by atoms with Gasteiger partial charge in [0.2, 0.25) is 11.7 Å². The molecule has 1 saturated heterocycles. The summed E-state index contributed by atoms with van der Waals surface area (Å²) in [6, 6.07) is 10.5. The zero-order valence-corrected chi connectivity index (χ0v) is 12.5. The zero-order valence-electron chi connectivity index (χ0n) is 12.5. The smallest absolute Gasteiger partial charge is 0.241 e. The van der Waals surface area contributed by atoms with Crippen molar-refractivity contribution < 1.29 is 4.52 Å². The Hall–Kier alpha value is -1.72. The molecule has 0 bridgehead atoms. The second-order valence-electron chi connectivity index (χ2n) is 5.44. The molecule has 0 saturated carbocycles. The molecule has 1 aromatic carbocycles. The number of hydrogen-bond donors (Lipinski definition) is 1. The molecule has 1 unspecified atom stereocenters. The number of rotatable bonds is 5. The van der Waals surface area contributed by atoms with E-state index in [0.29, 0.717) is 17.8 Å². The van der Waals surface area contributed by atoms with Crippen LogP contribution in [0.4, 0.5) is 0 Å². The maximum absolute atomic E-state index is 5.42. The van der Waals surface area contributed by atoms with Gasteiger partial charge in [0.15, 0.2) is 0 Å². The lowest BCUT2D eigenvalue weighted by Crippen LogP contribution is -2.45. The zero-order chi connectivity index (χ0) is 14.5. The van der Waals surface area contributed by atoms with Crippen LogP contribution in [-0.4, -0.2) is 40.7 Å². The van der Waals surface area contributed by atoms with Gasteiger partial charge in [0, 0.05) is 18.2 Å². The number of piperidine rings is 1. The lowest BCUT2D eigenvalue weighted by Gasteiger charge is -2.32. The van der Waals surface area contributed by atoms with E-state index < -0.39 is 0 Å². The maximum Gasteiger partial charge on any atom is 0.241 e. The molecule has 0 amide bonds. The highest BCUT2D eigenvalue weighted by Gasteiger charge is 2.21. The first kappa shape index (κ1) is 14.2. The summed E-state index contributed by atoms with van der Waals surface area (Å²) in [5.41, 5.74) is 0.995. The van der Waals surface area contributed by atoms with Gasteiger partial charge in [0.25, 0.3) is 0 Å². The topological polar surface area (TPSA) is 54.2 Å². The van der Waals surface area contributed by atoms with Crippen molar-refractivity contribution in [1.82, 2.24) is 20.4 Å². The largest absolute Gasteiger partial charge is 0.338 e. The fourth-order valence-corrected chi connectivity index (χ4v) is 2.84. The molecular formula is C16H22N4O. The molecule has 1 N–H and O–H groups in total. The molecule has 1 aliphatic rings. The van der Waals surface area contributed by atoms with Gasteiger partial charge in [-0.1, -0.05) is 42.4 Å². The number of aromatic nitrogens is 2. The summed E-state index contributed by atoms with van der Waals surface area (Å²) in [4.78, 5) is 6.93. The standard InChI is InChI=1S/C16H22N4O/c1-2-20(14-9-6-10-17-11-14)12-15-18-16(19-21-15)13-7-4-3-5-8-13/h3-5,7-8,14,17H,2,6,9-12H2,1H3. The Morgan fingerprint density at radius 1 is 1.33 bits per heavy atom. The van der Waals surface area contributed by atoms with E-state index in [1.54, 1.807) is 0 Å². The third-order valence-electron chi connectivity index (χ3n) is 4.03. The van der Waals surface area contributed by atoms with Crippen molar-refractivity contribution in [2.45, 2.75) is 32.4 Å². The number of nitrogens with one attached hydrogen (secondary N) is 1. The van der Waals surface area contributed by atoms with Crippen molar-refractivity contribution in [3.63, 3.8) is 0 Å². The minimum absolute atomic E-state index is 0.566. The summed E-state index contributed by atoms with van der Waals surface area (Å²) >= 11 is 0. The highest BCUT2D eigenvalue weighted by atomic mass is 16.5. The van der Waals surface area contributed by atoms with E-state index in [0.717, 1.165) is 31.7 Å². The fraction of sp³-hybridized carbons (Fsp3) is 0.500. The van der Waals surface area contributed by atoms with Crippen molar-refractivity contribution in [3.8, 4) is 11.4 Å². The number of hydrogen-bond acceptors (Lipinski definition) is 5. The monoisotopic (exact) mass is 286 g/mol. The first-order valence-corrected chi connectivity index (χ1v) is 7.69. The normalized spacial score (nSPS) is 19.0. The first-order chi connectivity index (χ1) is 10.4. The Morgan fingerprint density at radius 2 is 2.19 bits per heavy atom. The number of nitrogens with zero attached hydrogens (tertiary/aromatic N) is 3. The van der Waals surface area contributed by atoms with Crippen LogP contribution in [0.15, 0.2) is 34.9 Å². The van der Waals surface area contributed by atoms with Crippen LogP contribution >= 0.6 is 0 Å². The molecule has 0 radical (unpaired) electrons. The quantitative estimate of drug-likeness (QED) is 0.914. The lowest BCUT2D eigenvalue weighted by molar-refractivity contribution is 0.147. The molecule has 5 nitrogen and oxygen atoms in total. The lowest BCUT2D eigenvalue weighted by atomic mass is 10.1. The molecule has 0 aliphatic carbocycles. The molecule has 5 heteroatoms. The molecule has 3 rings (SSSR count). The Balaban J connectivity index is 1.68. The molecule has 2 aromatic rings. The van der Waals surface area contributed by atoms with E-state index in [2.05, 4.69) is 27.3 Å². The third kappa shape index (κ3) is 3.49. The van der Waals surface area contributed by atoms with Crippen molar-refractivity contribution in [2.75, 3.05) is 19.6 Å². The van der Waals surface area contributed by atoms with Gasteiger partial charge in [-0.3, -0.25) is 4.90 Å². The predicted molar refractivity (Wildman–Crippen MR) is 81.7 cm³/mol. The van der Waals surface area contributed by atoms with E-state index >= 15 is 0 Å². The van der Waals surface area contributed by atoms with Crippen molar-refractivity contribution in [3.05, 3.63) is 36.2 Å². The van der Waals surface area contributed by atoms with E-state index in [4.69, 9.17) is 4.52 Å². The van der Waals surface area contributed by atoms with Crippen LogP contribution in [0.5, 0.6) is 0 Å². The number of likely N-dealkylation sites (N-methyl/N-ethyl adjacent to an activating group) is 1. The van der Waals surface area contributed by atoms with Crippen molar-refractivity contribution in [2.24, 2.45) is 0 Å². The van der Waals surface area contributed by atoms with Gasteiger partial charge in [0.05, 0.1) is 6.54 Å². The molecule has 1 aromatic heterocycles. The van der Waals surface area contributed by atoms with Crippen molar-refractivity contribution >= 4 is 0 Å². The molecule has 1 aliphatic heterocycles. The van der Waals surface area contributed by atoms with Crippen LogP contribution in [0.25, 0.3) is 11.4 Å². The molecule has 1 atom stereocenters. The van der Waals surface area contributed by atoms with Crippen LogP contribution in [0.3, 0.4) is 0 Å². The van der Waals surface area contributed by atoms with Gasteiger partial charge in [-0.2, -0.15) is 4.98 Å². The molecule has 1 fully saturated rings. The summed E-state index contributed by atoms with van der Waals surface area (Å²) in [5.74, 6) is 1.37. The van der Waals surface area contributed by atoms with Gasteiger partial charge >= 0.3 is 0 Å². The second-order valence-corrected chi connectivity index (χ2v) is 5.44. The van der Waals surface area contributed by atoms with Crippen LogP contribution in [-0.2, 0) is 6.54 Å². The van der Waals surface area contributed by atoms with Crippen molar-refractivity contribution in [1.29, 1.82) is 0 Å². The average molecular weight is 286 g/mol. The highest BCUT2D eigenvalue weighted by molar-refractivity contribution is 5.53. The fourth-order valence-electron chi connectivity index (χ4n) is 2.84. The van der Waals surface area contributed by atoms with E-state index in [1.165, 1.54) is 12.8 Å². The third-order valence-corrected chi connectivity index (χ3v) is 4.03. The summed E-state index contributed by atoms with van der Waals surface area (Å²) < 4.78 is 5.42. The van der Waals surface area contributed by atoms with Crippen LogP contribution < -0.4 is 5.32 Å². The summed E-state index contributed by atoms with van der Waals surface area (Å²) in [6.45, 7) is 6.08. The average Bonchev–Trinajstić information content (AvgIpc) is 3.03. The van der Waals surface area contributed by atoms with Gasteiger partial charge in [-0.15, -0.1) is 0 Å². The van der Waals surface area contributed by atoms with Gasteiger partial charge in [-0.25, -0.2) is 0 Å². The molecule has 21 heavy (non-hydrogen) atoms. The summed E-state index contributed by atoms with van der Waals surface area (Å²) in [6.07, 6.45) is 2.47. The highest BCUT2D eigenvalue weighted by Crippen LogP contribution is 2.17. The maximum atomic E-state index is 5.42. The minimum Gasteiger partial charge on any atom is -0.338 e. The summed E-state index contributed by atoms with van der Waals surface area (Å²) in [5, 5.41) is 7.55. The SMILES string of the molecule is CCN(Cc1nc(-c2ccccc2)no1)C1CCCNC1. The van der Waals surface area contributed by atoms with E-state index in [9.17, 15) is 0 Å². The van der Waals surface area contributed by atoms with Crippen LogP contribution in [0, 0.1) is 0 Å².